The number of fused-ring (bicyclic) bond motifs is 1. The maximum absolute atomic E-state index is 10.1. The van der Waals surface area contributed by atoms with Crippen molar-refractivity contribution in [1.29, 1.82) is 0 Å². The van der Waals surface area contributed by atoms with E-state index in [9.17, 15) is 5.11 Å². The van der Waals surface area contributed by atoms with Crippen LogP contribution in [0.15, 0.2) is 72.8 Å². The van der Waals surface area contributed by atoms with Crippen molar-refractivity contribution in [2.75, 3.05) is 6.61 Å². The quantitative estimate of drug-likeness (QED) is 0.688. The van der Waals surface area contributed by atoms with Crippen LogP contribution >= 0.6 is 0 Å². The third-order valence-electron chi connectivity index (χ3n) is 3.35. The van der Waals surface area contributed by atoms with Crippen molar-refractivity contribution in [3.8, 4) is 5.75 Å². The number of benzene rings is 3. The van der Waals surface area contributed by atoms with Gasteiger partial charge in [0.1, 0.15) is 0 Å². The van der Waals surface area contributed by atoms with E-state index in [1.54, 1.807) is 0 Å². The summed E-state index contributed by atoms with van der Waals surface area (Å²) in [6.45, 7) is 0.340. The molecule has 2 nitrogen and oxygen atoms in total. The number of rotatable bonds is 6. The Bertz CT molecular complexity index is 728. The van der Waals surface area contributed by atoms with Gasteiger partial charge in [0.25, 0.3) is 0 Å². The Kier molecular flexibility index (Phi) is 5.12. The zero-order valence-electron chi connectivity index (χ0n) is 12.2. The average Bonchev–Trinajstić information content (AvgIpc) is 2.59. The predicted octanol–water partition coefficient (Wildman–Crippen LogP) is 3.03. The Labute approximate surface area is 136 Å². The molecule has 112 valence electrons. The van der Waals surface area contributed by atoms with Crippen LogP contribution in [0.4, 0.5) is 0 Å². The van der Waals surface area contributed by atoms with Gasteiger partial charge in [-0.25, -0.2) is 0 Å². The molecule has 0 aliphatic heterocycles. The summed E-state index contributed by atoms with van der Waals surface area (Å²) in [7, 11) is 0. The number of ether oxygens (including phenoxy) is 1. The Morgan fingerprint density at radius 3 is 2.41 bits per heavy atom. The number of hydrogen-bond acceptors (Lipinski definition) is 2. The van der Waals surface area contributed by atoms with E-state index in [0.717, 1.165) is 16.5 Å². The van der Waals surface area contributed by atoms with E-state index in [4.69, 9.17) is 4.74 Å². The molecule has 0 aromatic heterocycles. The van der Waals surface area contributed by atoms with Crippen LogP contribution < -0.4 is 9.20 Å². The summed E-state index contributed by atoms with van der Waals surface area (Å²) in [4.78, 5) is 0. The van der Waals surface area contributed by atoms with E-state index < -0.39 is 6.10 Å². The normalized spacial score (nSPS) is 12.2. The molecular formula is C19H18O2Se. The second kappa shape index (κ2) is 7.46. The Hall–Kier alpha value is -1.80. The fourth-order valence-electron chi connectivity index (χ4n) is 2.21. The molecule has 0 bridgehead atoms. The molecule has 0 radical (unpaired) electrons. The Morgan fingerprint density at radius 1 is 0.864 bits per heavy atom. The fourth-order valence-corrected chi connectivity index (χ4v) is 3.95. The van der Waals surface area contributed by atoms with Gasteiger partial charge in [-0.15, -0.1) is 0 Å². The predicted molar refractivity (Wildman–Crippen MR) is 92.1 cm³/mol. The molecule has 0 aliphatic rings. The first-order valence-corrected chi connectivity index (χ1v) is 9.35. The zero-order chi connectivity index (χ0) is 15.2. The van der Waals surface area contributed by atoms with E-state index in [2.05, 4.69) is 24.3 Å². The molecule has 1 atom stereocenters. The van der Waals surface area contributed by atoms with Crippen LogP contribution in [-0.4, -0.2) is 32.8 Å². The number of hydrogen-bond donors (Lipinski definition) is 1. The summed E-state index contributed by atoms with van der Waals surface area (Å²) >= 11 is 0.285. The molecule has 0 saturated carbocycles. The molecular weight excluding hydrogens is 339 g/mol. The summed E-state index contributed by atoms with van der Waals surface area (Å²) < 4.78 is 7.03. The van der Waals surface area contributed by atoms with Gasteiger partial charge >= 0.3 is 137 Å². The topological polar surface area (TPSA) is 29.5 Å². The minimum atomic E-state index is -0.424. The fraction of sp³-hybridized carbons (Fsp3) is 0.158. The van der Waals surface area contributed by atoms with Gasteiger partial charge in [-0.2, -0.15) is 0 Å². The van der Waals surface area contributed by atoms with Crippen molar-refractivity contribution in [3.05, 3.63) is 72.8 Å². The van der Waals surface area contributed by atoms with Crippen LogP contribution in [-0.2, 0) is 0 Å². The number of aliphatic hydroxyl groups is 1. The van der Waals surface area contributed by atoms with Gasteiger partial charge in [0.15, 0.2) is 0 Å². The van der Waals surface area contributed by atoms with E-state index in [-0.39, 0.29) is 15.0 Å². The molecule has 3 aromatic rings. The summed E-state index contributed by atoms with van der Waals surface area (Å²) in [6.07, 6.45) is -0.424. The Morgan fingerprint density at radius 2 is 1.59 bits per heavy atom. The van der Waals surface area contributed by atoms with Crippen LogP contribution in [0.2, 0.25) is 5.32 Å². The number of aliphatic hydroxyl groups excluding tert-OH is 1. The molecule has 0 aliphatic carbocycles. The van der Waals surface area contributed by atoms with Crippen molar-refractivity contribution in [2.45, 2.75) is 11.4 Å². The molecule has 0 fully saturated rings. The minimum absolute atomic E-state index is 0.285. The van der Waals surface area contributed by atoms with Crippen LogP contribution in [0, 0.1) is 0 Å². The van der Waals surface area contributed by atoms with E-state index in [0.29, 0.717) is 6.61 Å². The standard InChI is InChI=1S/C19H18O2Se/c20-17(14-22-19-8-2-1-3-9-19)13-21-18-11-10-15-6-4-5-7-16(15)12-18/h1-12,17,20H,13-14H2. The zero-order valence-corrected chi connectivity index (χ0v) is 13.9. The van der Waals surface area contributed by atoms with Crippen LogP contribution in [0.1, 0.15) is 0 Å². The second-order valence-corrected chi connectivity index (χ2v) is 7.39. The molecule has 0 heterocycles. The third-order valence-corrected chi connectivity index (χ3v) is 5.78. The molecule has 3 heteroatoms. The van der Waals surface area contributed by atoms with Gasteiger partial charge < -0.3 is 0 Å². The van der Waals surface area contributed by atoms with Crippen LogP contribution in [0.5, 0.6) is 5.75 Å². The summed E-state index contributed by atoms with van der Waals surface area (Å²) in [5, 5.41) is 13.2. The first kappa shape index (κ1) is 15.1. The molecule has 3 aromatic carbocycles. The third kappa shape index (κ3) is 4.11. The molecule has 1 N–H and O–H groups in total. The molecule has 0 saturated heterocycles. The molecule has 0 spiro atoms. The summed E-state index contributed by atoms with van der Waals surface area (Å²) in [5.41, 5.74) is 0. The van der Waals surface area contributed by atoms with E-state index in [1.807, 2.05) is 48.5 Å². The Balaban J connectivity index is 1.52. The van der Waals surface area contributed by atoms with Gasteiger partial charge in [0.2, 0.25) is 0 Å². The maximum atomic E-state index is 10.1. The van der Waals surface area contributed by atoms with Gasteiger partial charge in [-0.3, -0.25) is 0 Å². The van der Waals surface area contributed by atoms with Gasteiger partial charge in [0, 0.05) is 0 Å². The molecule has 1 unspecified atom stereocenters. The van der Waals surface area contributed by atoms with Crippen LogP contribution in [0.25, 0.3) is 10.8 Å². The van der Waals surface area contributed by atoms with Gasteiger partial charge in [0.05, 0.1) is 0 Å². The average molecular weight is 357 g/mol. The van der Waals surface area contributed by atoms with E-state index >= 15 is 0 Å². The summed E-state index contributed by atoms with van der Waals surface area (Å²) in [6, 6.07) is 24.5. The first-order valence-electron chi connectivity index (χ1n) is 7.29. The molecule has 3 rings (SSSR count). The van der Waals surface area contributed by atoms with Crippen molar-refractivity contribution in [2.24, 2.45) is 0 Å². The van der Waals surface area contributed by atoms with Gasteiger partial charge in [-0.05, 0) is 0 Å². The molecule has 0 amide bonds. The van der Waals surface area contributed by atoms with Crippen molar-refractivity contribution < 1.29 is 9.84 Å². The monoisotopic (exact) mass is 358 g/mol. The SMILES string of the molecule is OC(COc1ccc2ccccc2c1)C[Se]c1ccccc1. The van der Waals surface area contributed by atoms with Crippen LogP contribution in [0.3, 0.4) is 0 Å². The van der Waals surface area contributed by atoms with Gasteiger partial charge in [-0.1, -0.05) is 0 Å². The second-order valence-electron chi connectivity index (χ2n) is 5.10. The van der Waals surface area contributed by atoms with E-state index in [1.165, 1.54) is 9.85 Å². The first-order chi connectivity index (χ1) is 10.8. The summed E-state index contributed by atoms with van der Waals surface area (Å²) in [5.74, 6) is 0.810. The van der Waals surface area contributed by atoms with Crippen molar-refractivity contribution in [1.82, 2.24) is 0 Å². The van der Waals surface area contributed by atoms with Crippen molar-refractivity contribution >= 4 is 30.2 Å². The van der Waals surface area contributed by atoms with Crippen molar-refractivity contribution in [3.63, 3.8) is 0 Å². The molecule has 22 heavy (non-hydrogen) atoms.